The summed E-state index contributed by atoms with van der Waals surface area (Å²) < 4.78 is 29.0. The lowest BCUT2D eigenvalue weighted by atomic mass is 10.1. The molecule has 0 aliphatic heterocycles. The van der Waals surface area contributed by atoms with Crippen LogP contribution in [0.5, 0.6) is 5.75 Å². The molecular formula is C12H8F2INO2. The van der Waals surface area contributed by atoms with Crippen molar-refractivity contribution in [1.82, 2.24) is 4.57 Å². The summed E-state index contributed by atoms with van der Waals surface area (Å²) in [5, 5.41) is 9.08. The number of phenolic OH excluding ortho intramolecular Hbond substituents is 1. The quantitative estimate of drug-likeness (QED) is 0.792. The van der Waals surface area contributed by atoms with Crippen molar-refractivity contribution < 1.29 is 13.9 Å². The number of rotatable bonds is 1. The fourth-order valence-corrected chi connectivity index (χ4v) is 2.20. The third kappa shape index (κ3) is 2.12. The summed E-state index contributed by atoms with van der Waals surface area (Å²) in [5.41, 5.74) is -0.542. The molecule has 94 valence electrons. The Kier molecular flexibility index (Phi) is 3.38. The Morgan fingerprint density at radius 3 is 2.33 bits per heavy atom. The lowest BCUT2D eigenvalue weighted by Crippen LogP contribution is -2.21. The maximum absolute atomic E-state index is 13.7. The highest BCUT2D eigenvalue weighted by Crippen LogP contribution is 2.28. The zero-order valence-corrected chi connectivity index (χ0v) is 11.4. The average molecular weight is 363 g/mol. The van der Waals surface area contributed by atoms with Crippen LogP contribution < -0.4 is 5.56 Å². The summed E-state index contributed by atoms with van der Waals surface area (Å²) in [6.07, 6.45) is 0. The van der Waals surface area contributed by atoms with Gasteiger partial charge < -0.3 is 9.67 Å². The van der Waals surface area contributed by atoms with Crippen LogP contribution in [0.1, 0.15) is 0 Å². The van der Waals surface area contributed by atoms with E-state index < -0.39 is 17.4 Å². The van der Waals surface area contributed by atoms with Gasteiger partial charge in [-0.05, 0) is 34.7 Å². The Hall–Kier alpha value is -1.44. The van der Waals surface area contributed by atoms with Gasteiger partial charge in [-0.2, -0.15) is 0 Å². The van der Waals surface area contributed by atoms with E-state index in [0.29, 0.717) is 3.57 Å². The largest absolute Gasteiger partial charge is 0.508 e. The molecule has 2 rings (SSSR count). The first-order chi connectivity index (χ1) is 8.41. The first-order valence-electron chi connectivity index (χ1n) is 4.95. The van der Waals surface area contributed by atoms with E-state index in [2.05, 4.69) is 0 Å². The van der Waals surface area contributed by atoms with Crippen molar-refractivity contribution in [1.29, 1.82) is 0 Å². The van der Waals surface area contributed by atoms with Crippen LogP contribution in [0, 0.1) is 15.2 Å². The summed E-state index contributed by atoms with van der Waals surface area (Å²) in [6, 6.07) is 4.56. The number of hydrogen-bond donors (Lipinski definition) is 1. The molecule has 1 N–H and O–H groups in total. The molecule has 6 heteroatoms. The van der Waals surface area contributed by atoms with Crippen molar-refractivity contribution in [3.63, 3.8) is 0 Å². The number of aromatic nitrogens is 1. The SMILES string of the molecule is Cn1c(-c2c(F)cc(O)cc2F)ccc(I)c1=O. The predicted molar refractivity (Wildman–Crippen MR) is 71.4 cm³/mol. The van der Waals surface area contributed by atoms with Gasteiger partial charge in [-0.1, -0.05) is 0 Å². The number of benzene rings is 1. The molecule has 1 aromatic carbocycles. The molecule has 0 unspecified atom stereocenters. The predicted octanol–water partition coefficient (Wildman–Crippen LogP) is 2.64. The van der Waals surface area contributed by atoms with Gasteiger partial charge in [0.15, 0.2) is 0 Å². The van der Waals surface area contributed by atoms with Crippen molar-refractivity contribution in [3.8, 4) is 17.0 Å². The van der Waals surface area contributed by atoms with Gasteiger partial charge in [0.1, 0.15) is 17.4 Å². The van der Waals surface area contributed by atoms with E-state index >= 15 is 0 Å². The molecule has 1 aromatic heterocycles. The molecular weight excluding hydrogens is 355 g/mol. The maximum atomic E-state index is 13.7. The summed E-state index contributed by atoms with van der Waals surface area (Å²) in [7, 11) is 1.44. The smallest absolute Gasteiger partial charge is 0.264 e. The van der Waals surface area contributed by atoms with E-state index in [1.807, 2.05) is 22.6 Å². The molecule has 0 bridgehead atoms. The zero-order chi connectivity index (χ0) is 13.4. The molecule has 0 fully saturated rings. The molecule has 0 saturated heterocycles. The molecule has 0 aliphatic rings. The fraction of sp³-hybridized carbons (Fsp3) is 0.0833. The van der Waals surface area contributed by atoms with Crippen molar-refractivity contribution in [2.45, 2.75) is 0 Å². The Bertz CT molecular complexity index is 659. The number of nitrogens with zero attached hydrogens (tertiary/aromatic N) is 1. The van der Waals surface area contributed by atoms with Crippen LogP contribution >= 0.6 is 22.6 Å². The van der Waals surface area contributed by atoms with Crippen LogP contribution in [0.3, 0.4) is 0 Å². The van der Waals surface area contributed by atoms with Gasteiger partial charge >= 0.3 is 0 Å². The minimum atomic E-state index is -0.913. The second-order valence-corrected chi connectivity index (χ2v) is 4.88. The van der Waals surface area contributed by atoms with Crippen LogP contribution in [0.4, 0.5) is 8.78 Å². The summed E-state index contributed by atoms with van der Waals surface area (Å²) in [6.45, 7) is 0. The second-order valence-electron chi connectivity index (χ2n) is 3.72. The first kappa shape index (κ1) is 13.0. The second kappa shape index (κ2) is 4.68. The Morgan fingerprint density at radius 1 is 1.22 bits per heavy atom. The molecule has 0 aliphatic carbocycles. The van der Waals surface area contributed by atoms with Gasteiger partial charge in [0.25, 0.3) is 5.56 Å². The Balaban J connectivity index is 2.78. The van der Waals surface area contributed by atoms with E-state index in [4.69, 9.17) is 5.11 Å². The van der Waals surface area contributed by atoms with Crippen molar-refractivity contribution in [3.05, 3.63) is 49.8 Å². The Labute approximate surface area is 115 Å². The van der Waals surface area contributed by atoms with Crippen molar-refractivity contribution >= 4 is 22.6 Å². The van der Waals surface area contributed by atoms with Gasteiger partial charge in [-0.3, -0.25) is 4.79 Å². The summed E-state index contributed by atoms with van der Waals surface area (Å²) in [4.78, 5) is 11.7. The Morgan fingerprint density at radius 2 is 1.78 bits per heavy atom. The van der Waals surface area contributed by atoms with Crippen LogP contribution in [0.15, 0.2) is 29.1 Å². The summed E-state index contributed by atoms with van der Waals surface area (Å²) in [5.74, 6) is -2.32. The van der Waals surface area contributed by atoms with Gasteiger partial charge in [0.05, 0.1) is 14.8 Å². The molecule has 18 heavy (non-hydrogen) atoms. The fourth-order valence-electron chi connectivity index (χ4n) is 1.66. The monoisotopic (exact) mass is 363 g/mol. The molecule has 3 nitrogen and oxygen atoms in total. The highest BCUT2D eigenvalue weighted by Gasteiger charge is 2.16. The van der Waals surface area contributed by atoms with E-state index in [0.717, 1.165) is 12.1 Å². The minimum absolute atomic E-state index is 0.121. The maximum Gasteiger partial charge on any atom is 0.264 e. The van der Waals surface area contributed by atoms with Gasteiger partial charge in [-0.25, -0.2) is 8.78 Å². The number of pyridine rings is 1. The van der Waals surface area contributed by atoms with Crippen LogP contribution in [-0.2, 0) is 7.05 Å². The molecule has 0 saturated carbocycles. The van der Waals surface area contributed by atoms with Crippen LogP contribution in [0.25, 0.3) is 11.3 Å². The number of phenols is 1. The lowest BCUT2D eigenvalue weighted by molar-refractivity contribution is 0.461. The van der Waals surface area contributed by atoms with Crippen LogP contribution in [0.2, 0.25) is 0 Å². The minimum Gasteiger partial charge on any atom is -0.508 e. The highest BCUT2D eigenvalue weighted by atomic mass is 127. The highest BCUT2D eigenvalue weighted by molar-refractivity contribution is 14.1. The van der Waals surface area contributed by atoms with Gasteiger partial charge in [-0.15, -0.1) is 0 Å². The van der Waals surface area contributed by atoms with E-state index in [9.17, 15) is 13.6 Å². The molecule has 0 radical (unpaired) electrons. The molecule has 0 atom stereocenters. The number of hydrogen-bond acceptors (Lipinski definition) is 2. The van der Waals surface area contributed by atoms with E-state index in [-0.39, 0.29) is 16.8 Å². The molecule has 2 aromatic rings. The topological polar surface area (TPSA) is 42.2 Å². The van der Waals surface area contributed by atoms with Gasteiger partial charge in [0.2, 0.25) is 0 Å². The van der Waals surface area contributed by atoms with Crippen molar-refractivity contribution in [2.24, 2.45) is 7.05 Å². The average Bonchev–Trinajstić information content (AvgIpc) is 2.28. The molecule has 0 amide bonds. The zero-order valence-electron chi connectivity index (χ0n) is 9.25. The third-order valence-corrected chi connectivity index (χ3v) is 3.36. The third-order valence-electron chi connectivity index (χ3n) is 2.54. The standard InChI is InChI=1S/C12H8F2INO2/c1-16-10(3-2-9(15)12(16)18)11-7(13)4-6(17)5-8(11)14/h2-5,17H,1H3. The van der Waals surface area contributed by atoms with E-state index in [1.165, 1.54) is 23.7 Å². The number of halogens is 3. The van der Waals surface area contributed by atoms with Crippen molar-refractivity contribution in [2.75, 3.05) is 0 Å². The van der Waals surface area contributed by atoms with E-state index in [1.54, 1.807) is 0 Å². The molecule has 1 heterocycles. The van der Waals surface area contributed by atoms with Gasteiger partial charge in [0, 0.05) is 19.2 Å². The number of aromatic hydroxyl groups is 1. The summed E-state index contributed by atoms with van der Waals surface area (Å²) >= 11 is 1.85. The molecule has 0 spiro atoms. The first-order valence-corrected chi connectivity index (χ1v) is 6.03. The van der Waals surface area contributed by atoms with Crippen LogP contribution in [-0.4, -0.2) is 9.67 Å². The lowest BCUT2D eigenvalue weighted by Gasteiger charge is -2.11. The normalized spacial score (nSPS) is 10.7.